The molecule has 0 fully saturated rings. The first-order valence-corrected chi connectivity index (χ1v) is 7.19. The van der Waals surface area contributed by atoms with Crippen LogP contribution in [0.5, 0.6) is 0 Å². The monoisotopic (exact) mass is 255 g/mol. The largest absolute Gasteiger partial charge is 0.383 e. The first-order chi connectivity index (χ1) is 8.04. The van der Waals surface area contributed by atoms with Gasteiger partial charge < -0.3 is 10.1 Å². The van der Waals surface area contributed by atoms with E-state index in [-0.39, 0.29) is 0 Å². The Balaban J connectivity index is 2.44. The summed E-state index contributed by atoms with van der Waals surface area (Å²) in [4.78, 5) is 0. The Morgan fingerprint density at radius 1 is 1.41 bits per heavy atom. The number of hydrogen-bond donors (Lipinski definition) is 1. The summed E-state index contributed by atoms with van der Waals surface area (Å²) < 4.78 is 5.05. The highest BCUT2D eigenvalue weighted by Crippen LogP contribution is 2.29. The molecular weight excluding hydrogens is 230 g/mol. The fourth-order valence-electron chi connectivity index (χ4n) is 1.83. The Bertz CT molecular complexity index is 290. The van der Waals surface area contributed by atoms with E-state index in [1.165, 1.54) is 5.56 Å². The van der Waals surface area contributed by atoms with E-state index in [1.807, 2.05) is 0 Å². The van der Waals surface area contributed by atoms with Crippen LogP contribution in [0.2, 0.25) is 0 Å². The molecule has 1 aromatic heterocycles. The standard InChI is InChI=1S/C14H25NOS/c1-14(2,3)13(10-15-6-7-16-4)9-12-5-8-17-11-12/h5,8,11,13,15H,6-7,9-10H2,1-4H3. The maximum Gasteiger partial charge on any atom is 0.0587 e. The molecule has 0 saturated heterocycles. The van der Waals surface area contributed by atoms with Crippen molar-refractivity contribution in [2.45, 2.75) is 27.2 Å². The second-order valence-electron chi connectivity index (χ2n) is 5.60. The second kappa shape index (κ2) is 7.14. The average Bonchev–Trinajstić information content (AvgIpc) is 2.73. The van der Waals surface area contributed by atoms with Gasteiger partial charge in [-0.05, 0) is 46.7 Å². The zero-order chi connectivity index (χ0) is 12.7. The highest BCUT2D eigenvalue weighted by molar-refractivity contribution is 7.07. The number of rotatable bonds is 7. The van der Waals surface area contributed by atoms with Gasteiger partial charge in [0.2, 0.25) is 0 Å². The van der Waals surface area contributed by atoms with Crippen molar-refractivity contribution in [1.29, 1.82) is 0 Å². The first kappa shape index (κ1) is 14.7. The van der Waals surface area contributed by atoms with E-state index in [9.17, 15) is 0 Å². The van der Waals surface area contributed by atoms with Crippen LogP contribution in [-0.2, 0) is 11.2 Å². The maximum absolute atomic E-state index is 5.05. The molecule has 0 radical (unpaired) electrons. The van der Waals surface area contributed by atoms with E-state index in [0.29, 0.717) is 11.3 Å². The molecule has 2 nitrogen and oxygen atoms in total. The number of nitrogens with one attached hydrogen (secondary N) is 1. The molecule has 0 bridgehead atoms. The van der Waals surface area contributed by atoms with E-state index < -0.39 is 0 Å². The fraction of sp³-hybridized carbons (Fsp3) is 0.714. The lowest BCUT2D eigenvalue weighted by Crippen LogP contribution is -2.34. The van der Waals surface area contributed by atoms with Crippen molar-refractivity contribution in [2.24, 2.45) is 11.3 Å². The zero-order valence-electron chi connectivity index (χ0n) is 11.5. The molecule has 1 heterocycles. The van der Waals surface area contributed by atoms with Crippen LogP contribution in [0.3, 0.4) is 0 Å². The molecule has 1 rings (SSSR count). The topological polar surface area (TPSA) is 21.3 Å². The predicted octanol–water partition coefficient (Wildman–Crippen LogP) is 3.19. The predicted molar refractivity (Wildman–Crippen MR) is 75.7 cm³/mol. The minimum atomic E-state index is 0.335. The molecule has 0 aliphatic carbocycles. The molecule has 17 heavy (non-hydrogen) atoms. The van der Waals surface area contributed by atoms with Gasteiger partial charge in [-0.3, -0.25) is 0 Å². The highest BCUT2D eigenvalue weighted by atomic mass is 32.1. The van der Waals surface area contributed by atoms with Gasteiger partial charge in [0, 0.05) is 13.7 Å². The second-order valence-corrected chi connectivity index (χ2v) is 6.38. The van der Waals surface area contributed by atoms with E-state index in [1.54, 1.807) is 18.4 Å². The Labute approximate surface area is 109 Å². The van der Waals surface area contributed by atoms with Crippen molar-refractivity contribution in [2.75, 3.05) is 26.8 Å². The lowest BCUT2D eigenvalue weighted by atomic mass is 9.77. The molecule has 0 amide bonds. The minimum Gasteiger partial charge on any atom is -0.383 e. The molecule has 1 unspecified atom stereocenters. The summed E-state index contributed by atoms with van der Waals surface area (Å²) in [7, 11) is 1.74. The molecule has 0 spiro atoms. The summed E-state index contributed by atoms with van der Waals surface area (Å²) in [5, 5.41) is 7.90. The van der Waals surface area contributed by atoms with E-state index in [0.717, 1.165) is 26.1 Å². The van der Waals surface area contributed by atoms with Crippen LogP contribution >= 0.6 is 11.3 Å². The van der Waals surface area contributed by atoms with E-state index >= 15 is 0 Å². The van der Waals surface area contributed by atoms with Crippen LogP contribution in [0.25, 0.3) is 0 Å². The van der Waals surface area contributed by atoms with Crippen LogP contribution in [0.4, 0.5) is 0 Å². The van der Waals surface area contributed by atoms with Gasteiger partial charge in [-0.2, -0.15) is 11.3 Å². The van der Waals surface area contributed by atoms with E-state index in [2.05, 4.69) is 42.9 Å². The first-order valence-electron chi connectivity index (χ1n) is 6.24. The van der Waals surface area contributed by atoms with Crippen LogP contribution in [0.1, 0.15) is 26.3 Å². The summed E-state index contributed by atoms with van der Waals surface area (Å²) >= 11 is 1.78. The number of ether oxygens (including phenoxy) is 1. The SMILES string of the molecule is COCCNCC(Cc1ccsc1)C(C)(C)C. The molecule has 0 aliphatic rings. The fourth-order valence-corrected chi connectivity index (χ4v) is 2.51. The molecule has 1 N–H and O–H groups in total. The van der Waals surface area contributed by atoms with Gasteiger partial charge in [0.1, 0.15) is 0 Å². The van der Waals surface area contributed by atoms with Gasteiger partial charge in [0.05, 0.1) is 6.61 Å². The Morgan fingerprint density at radius 2 is 2.18 bits per heavy atom. The Morgan fingerprint density at radius 3 is 2.71 bits per heavy atom. The Hall–Kier alpha value is -0.380. The summed E-state index contributed by atoms with van der Waals surface area (Å²) in [6, 6.07) is 2.23. The summed E-state index contributed by atoms with van der Waals surface area (Å²) in [5.41, 5.74) is 1.80. The van der Waals surface area contributed by atoms with Gasteiger partial charge in [-0.15, -0.1) is 0 Å². The van der Waals surface area contributed by atoms with Crippen LogP contribution in [0.15, 0.2) is 16.8 Å². The van der Waals surface area contributed by atoms with Crippen molar-refractivity contribution < 1.29 is 4.74 Å². The molecule has 1 aromatic rings. The summed E-state index contributed by atoms with van der Waals surface area (Å²) in [5.74, 6) is 0.661. The minimum absolute atomic E-state index is 0.335. The van der Waals surface area contributed by atoms with Gasteiger partial charge in [0.25, 0.3) is 0 Å². The Kier molecular flexibility index (Phi) is 6.17. The number of methoxy groups -OCH3 is 1. The van der Waals surface area contributed by atoms with Crippen molar-refractivity contribution in [1.82, 2.24) is 5.32 Å². The third kappa shape index (κ3) is 5.66. The molecular formula is C14H25NOS. The number of hydrogen-bond acceptors (Lipinski definition) is 3. The molecule has 98 valence electrons. The van der Waals surface area contributed by atoms with Crippen molar-refractivity contribution in [3.8, 4) is 0 Å². The highest BCUT2D eigenvalue weighted by Gasteiger charge is 2.24. The van der Waals surface area contributed by atoms with Gasteiger partial charge in [0.15, 0.2) is 0 Å². The van der Waals surface area contributed by atoms with Crippen LogP contribution in [-0.4, -0.2) is 26.8 Å². The summed E-state index contributed by atoms with van der Waals surface area (Å²) in [6.45, 7) is 9.75. The molecule has 0 aromatic carbocycles. The number of thiophene rings is 1. The molecule has 3 heteroatoms. The van der Waals surface area contributed by atoms with Crippen LogP contribution in [0, 0.1) is 11.3 Å². The van der Waals surface area contributed by atoms with Crippen molar-refractivity contribution >= 4 is 11.3 Å². The third-order valence-corrected chi connectivity index (χ3v) is 3.89. The summed E-state index contributed by atoms with van der Waals surface area (Å²) in [6.07, 6.45) is 1.16. The molecule has 1 atom stereocenters. The van der Waals surface area contributed by atoms with Crippen LogP contribution < -0.4 is 5.32 Å². The lowest BCUT2D eigenvalue weighted by molar-refractivity contribution is 0.186. The lowest BCUT2D eigenvalue weighted by Gasteiger charge is -2.31. The van der Waals surface area contributed by atoms with Gasteiger partial charge in [-0.1, -0.05) is 20.8 Å². The average molecular weight is 255 g/mol. The van der Waals surface area contributed by atoms with Gasteiger partial charge in [-0.25, -0.2) is 0 Å². The maximum atomic E-state index is 5.05. The van der Waals surface area contributed by atoms with Crippen molar-refractivity contribution in [3.63, 3.8) is 0 Å². The molecule has 0 aliphatic heterocycles. The van der Waals surface area contributed by atoms with Gasteiger partial charge >= 0.3 is 0 Å². The molecule has 0 saturated carbocycles. The smallest absolute Gasteiger partial charge is 0.0587 e. The van der Waals surface area contributed by atoms with Crippen molar-refractivity contribution in [3.05, 3.63) is 22.4 Å². The third-order valence-electron chi connectivity index (χ3n) is 3.16. The quantitative estimate of drug-likeness (QED) is 0.756. The normalized spacial score (nSPS) is 13.9. The van der Waals surface area contributed by atoms with E-state index in [4.69, 9.17) is 4.74 Å². The zero-order valence-corrected chi connectivity index (χ0v) is 12.3.